The summed E-state index contributed by atoms with van der Waals surface area (Å²) in [7, 11) is -1.12. The molecule has 1 atom stereocenters. The number of guanidine groups is 1. The van der Waals surface area contributed by atoms with Crippen LogP contribution in [-0.4, -0.2) is 46.0 Å². The van der Waals surface area contributed by atoms with E-state index in [1.807, 2.05) is 0 Å². The summed E-state index contributed by atoms with van der Waals surface area (Å²) in [5, 5.41) is 6.58. The standard InChI is InChI=1S/C16H33N3O2S.HI/c1-14(10-11-15-8-5-4-6-9-15)19-16(17-2)18-12-7-13-22(3,20)21;/h14-15H,4-13H2,1-3H3,(H2,17,18,19);1H. The van der Waals surface area contributed by atoms with Crippen molar-refractivity contribution in [1.29, 1.82) is 0 Å². The first-order valence-electron chi connectivity index (χ1n) is 8.55. The molecule has 1 rings (SSSR count). The third kappa shape index (κ3) is 12.0. The van der Waals surface area contributed by atoms with E-state index in [1.165, 1.54) is 44.8 Å². The molecular weight excluding hydrogens is 425 g/mol. The van der Waals surface area contributed by atoms with Crippen molar-refractivity contribution < 1.29 is 8.42 Å². The van der Waals surface area contributed by atoms with Gasteiger partial charge < -0.3 is 10.6 Å². The zero-order valence-electron chi connectivity index (χ0n) is 14.8. The first-order chi connectivity index (χ1) is 10.4. The first kappa shape index (κ1) is 22.9. The monoisotopic (exact) mass is 459 g/mol. The van der Waals surface area contributed by atoms with Crippen LogP contribution >= 0.6 is 24.0 Å². The van der Waals surface area contributed by atoms with E-state index in [2.05, 4.69) is 22.5 Å². The Labute approximate surface area is 159 Å². The molecule has 138 valence electrons. The number of halogens is 1. The Bertz CT molecular complexity index is 435. The average Bonchev–Trinajstić information content (AvgIpc) is 2.48. The molecule has 0 aromatic carbocycles. The van der Waals surface area contributed by atoms with Gasteiger partial charge >= 0.3 is 0 Å². The number of hydrogen-bond donors (Lipinski definition) is 2. The lowest BCUT2D eigenvalue weighted by Gasteiger charge is -2.24. The van der Waals surface area contributed by atoms with Crippen molar-refractivity contribution in [2.24, 2.45) is 10.9 Å². The summed E-state index contributed by atoms with van der Waals surface area (Å²) in [5.41, 5.74) is 0. The molecule has 0 aromatic heterocycles. The van der Waals surface area contributed by atoms with Gasteiger partial charge in [0.15, 0.2) is 5.96 Å². The molecule has 0 spiro atoms. The van der Waals surface area contributed by atoms with Crippen molar-refractivity contribution in [3.63, 3.8) is 0 Å². The zero-order valence-corrected chi connectivity index (χ0v) is 18.0. The maximum Gasteiger partial charge on any atom is 0.191 e. The second-order valence-corrected chi connectivity index (χ2v) is 8.87. The van der Waals surface area contributed by atoms with Crippen LogP contribution in [-0.2, 0) is 9.84 Å². The van der Waals surface area contributed by atoms with E-state index in [0.29, 0.717) is 19.0 Å². The van der Waals surface area contributed by atoms with Crippen molar-refractivity contribution >= 4 is 39.8 Å². The largest absolute Gasteiger partial charge is 0.356 e. The van der Waals surface area contributed by atoms with Crippen LogP contribution in [0.25, 0.3) is 0 Å². The third-order valence-electron chi connectivity index (χ3n) is 4.32. The Morgan fingerprint density at radius 3 is 2.48 bits per heavy atom. The molecule has 2 N–H and O–H groups in total. The second-order valence-electron chi connectivity index (χ2n) is 6.61. The van der Waals surface area contributed by atoms with Gasteiger partial charge in [0.05, 0.1) is 5.75 Å². The molecule has 0 bridgehead atoms. The molecule has 0 aromatic rings. The van der Waals surface area contributed by atoms with Gasteiger partial charge in [-0.2, -0.15) is 0 Å². The summed E-state index contributed by atoms with van der Waals surface area (Å²) in [4.78, 5) is 4.20. The normalized spacial score (nSPS) is 18.1. The summed E-state index contributed by atoms with van der Waals surface area (Å²) in [5.74, 6) is 1.89. The number of nitrogens with one attached hydrogen (secondary N) is 2. The lowest BCUT2D eigenvalue weighted by atomic mass is 9.85. The van der Waals surface area contributed by atoms with Gasteiger partial charge in [-0.05, 0) is 32.1 Å². The Kier molecular flexibility index (Phi) is 12.3. The van der Waals surface area contributed by atoms with Crippen LogP contribution in [0.1, 0.15) is 58.3 Å². The molecule has 5 nitrogen and oxygen atoms in total. The number of nitrogens with zero attached hydrogens (tertiary/aromatic N) is 1. The van der Waals surface area contributed by atoms with Crippen LogP contribution in [0.2, 0.25) is 0 Å². The molecule has 1 unspecified atom stereocenters. The fourth-order valence-electron chi connectivity index (χ4n) is 3.00. The van der Waals surface area contributed by atoms with E-state index in [4.69, 9.17) is 0 Å². The molecule has 0 heterocycles. The van der Waals surface area contributed by atoms with E-state index in [9.17, 15) is 8.42 Å². The van der Waals surface area contributed by atoms with Gasteiger partial charge in [-0.15, -0.1) is 24.0 Å². The zero-order chi connectivity index (χ0) is 16.4. The van der Waals surface area contributed by atoms with Gasteiger partial charge in [0.2, 0.25) is 0 Å². The van der Waals surface area contributed by atoms with Gasteiger partial charge in [-0.1, -0.05) is 32.1 Å². The maximum absolute atomic E-state index is 11.1. The van der Waals surface area contributed by atoms with Gasteiger partial charge in [0, 0.05) is 25.9 Å². The van der Waals surface area contributed by atoms with E-state index in [1.54, 1.807) is 7.05 Å². The Morgan fingerprint density at radius 1 is 1.26 bits per heavy atom. The fourth-order valence-corrected chi connectivity index (χ4v) is 3.67. The van der Waals surface area contributed by atoms with Crippen molar-refractivity contribution in [2.75, 3.05) is 25.6 Å². The number of sulfone groups is 1. The molecule has 1 fully saturated rings. The minimum absolute atomic E-state index is 0. The molecule has 0 saturated heterocycles. The van der Waals surface area contributed by atoms with Crippen molar-refractivity contribution in [1.82, 2.24) is 10.6 Å². The molecule has 1 saturated carbocycles. The molecule has 0 radical (unpaired) electrons. The van der Waals surface area contributed by atoms with Crippen LogP contribution in [0.5, 0.6) is 0 Å². The Balaban J connectivity index is 0.00000484. The minimum atomic E-state index is -2.87. The van der Waals surface area contributed by atoms with Crippen molar-refractivity contribution in [3.05, 3.63) is 0 Å². The van der Waals surface area contributed by atoms with Crippen molar-refractivity contribution in [3.8, 4) is 0 Å². The van der Waals surface area contributed by atoms with E-state index in [-0.39, 0.29) is 29.7 Å². The van der Waals surface area contributed by atoms with Crippen LogP contribution in [0.3, 0.4) is 0 Å². The number of aliphatic imine (C=N–C) groups is 1. The Hall–Kier alpha value is -0.0500. The van der Waals surface area contributed by atoms with Crippen molar-refractivity contribution in [2.45, 2.75) is 64.3 Å². The smallest absolute Gasteiger partial charge is 0.191 e. The quantitative estimate of drug-likeness (QED) is 0.254. The number of hydrogen-bond acceptors (Lipinski definition) is 3. The first-order valence-corrected chi connectivity index (χ1v) is 10.6. The van der Waals surface area contributed by atoms with Crippen LogP contribution in [0.15, 0.2) is 4.99 Å². The summed E-state index contributed by atoms with van der Waals surface area (Å²) < 4.78 is 22.2. The molecule has 1 aliphatic carbocycles. The molecule has 0 amide bonds. The summed E-state index contributed by atoms with van der Waals surface area (Å²) in [6.07, 6.45) is 11.3. The highest BCUT2D eigenvalue weighted by molar-refractivity contribution is 14.0. The average molecular weight is 459 g/mol. The summed E-state index contributed by atoms with van der Waals surface area (Å²) in [6, 6.07) is 0.392. The highest BCUT2D eigenvalue weighted by atomic mass is 127. The molecular formula is C16H34IN3O2S. The van der Waals surface area contributed by atoms with E-state index >= 15 is 0 Å². The molecule has 7 heteroatoms. The predicted octanol–water partition coefficient (Wildman–Crippen LogP) is 2.95. The van der Waals surface area contributed by atoms with E-state index < -0.39 is 9.84 Å². The highest BCUT2D eigenvalue weighted by Gasteiger charge is 2.15. The molecule has 0 aliphatic heterocycles. The maximum atomic E-state index is 11.1. The Morgan fingerprint density at radius 2 is 1.91 bits per heavy atom. The van der Waals surface area contributed by atoms with Gasteiger partial charge in [0.25, 0.3) is 0 Å². The van der Waals surface area contributed by atoms with Crippen LogP contribution in [0, 0.1) is 5.92 Å². The lowest BCUT2D eigenvalue weighted by Crippen LogP contribution is -2.42. The topological polar surface area (TPSA) is 70.6 Å². The van der Waals surface area contributed by atoms with Crippen LogP contribution < -0.4 is 10.6 Å². The summed E-state index contributed by atoms with van der Waals surface area (Å²) >= 11 is 0. The van der Waals surface area contributed by atoms with Gasteiger partial charge in [-0.3, -0.25) is 4.99 Å². The molecule has 1 aliphatic rings. The predicted molar refractivity (Wildman–Crippen MR) is 110 cm³/mol. The second kappa shape index (κ2) is 12.3. The number of rotatable bonds is 8. The third-order valence-corrected chi connectivity index (χ3v) is 5.35. The highest BCUT2D eigenvalue weighted by Crippen LogP contribution is 2.27. The minimum Gasteiger partial charge on any atom is -0.356 e. The van der Waals surface area contributed by atoms with Gasteiger partial charge in [-0.25, -0.2) is 8.42 Å². The SMILES string of the molecule is CN=C(NCCCS(C)(=O)=O)NC(C)CCC1CCCCC1.I. The van der Waals surface area contributed by atoms with E-state index in [0.717, 1.165) is 18.3 Å². The summed E-state index contributed by atoms with van der Waals surface area (Å²) in [6.45, 7) is 2.81. The van der Waals surface area contributed by atoms with Crippen LogP contribution in [0.4, 0.5) is 0 Å². The molecule has 23 heavy (non-hydrogen) atoms. The van der Waals surface area contributed by atoms with Gasteiger partial charge in [0.1, 0.15) is 9.84 Å². The fraction of sp³-hybridized carbons (Fsp3) is 0.938. The lowest BCUT2D eigenvalue weighted by molar-refractivity contribution is 0.322.